The zero-order valence-electron chi connectivity index (χ0n) is 31.6. The molecule has 0 saturated heterocycles. The molecule has 3 N–H and O–H groups in total. The third-order valence-electron chi connectivity index (χ3n) is 7.49. The van der Waals surface area contributed by atoms with Crippen molar-refractivity contribution in [2.75, 3.05) is 120 Å². The van der Waals surface area contributed by atoms with Gasteiger partial charge in [0, 0.05) is 46.8 Å². The molecule has 1 atom stereocenters. The lowest BCUT2D eigenvalue weighted by Gasteiger charge is -2.19. The van der Waals surface area contributed by atoms with E-state index in [1.54, 1.807) is 14.2 Å². The van der Waals surface area contributed by atoms with E-state index in [-0.39, 0.29) is 30.7 Å². The monoisotopic (exact) mass is 722 g/mol. The van der Waals surface area contributed by atoms with E-state index >= 15 is 0 Å². The molecule has 3 amide bonds. The van der Waals surface area contributed by atoms with Crippen molar-refractivity contribution in [3.05, 3.63) is 0 Å². The van der Waals surface area contributed by atoms with Crippen molar-refractivity contribution in [2.24, 2.45) is 0 Å². The Morgan fingerprint density at radius 1 is 0.460 bits per heavy atom. The molecule has 0 aliphatic carbocycles. The van der Waals surface area contributed by atoms with E-state index in [1.807, 2.05) is 0 Å². The van der Waals surface area contributed by atoms with Crippen molar-refractivity contribution in [3.63, 3.8) is 0 Å². The molecule has 50 heavy (non-hydrogen) atoms. The van der Waals surface area contributed by atoms with E-state index in [2.05, 4.69) is 22.9 Å². The molecule has 14 heteroatoms. The smallest absolute Gasteiger partial charge is 0.242 e. The summed E-state index contributed by atoms with van der Waals surface area (Å²) in [5.74, 6) is -0.339. The summed E-state index contributed by atoms with van der Waals surface area (Å²) in [4.78, 5) is 37.5. The van der Waals surface area contributed by atoms with Gasteiger partial charge in [0.25, 0.3) is 0 Å². The minimum atomic E-state index is -0.622. The summed E-state index contributed by atoms with van der Waals surface area (Å²) in [7, 11) is 3.35. The summed E-state index contributed by atoms with van der Waals surface area (Å²) >= 11 is 0. The van der Waals surface area contributed by atoms with Crippen LogP contribution < -0.4 is 16.0 Å². The largest absolute Gasteiger partial charge is 0.385 e. The van der Waals surface area contributed by atoms with Crippen molar-refractivity contribution in [3.8, 4) is 0 Å². The van der Waals surface area contributed by atoms with Crippen LogP contribution in [-0.4, -0.2) is 144 Å². The maximum atomic E-state index is 12.9. The van der Waals surface area contributed by atoms with E-state index in [1.165, 1.54) is 0 Å². The van der Waals surface area contributed by atoms with Crippen LogP contribution in [0.25, 0.3) is 0 Å². The Morgan fingerprint density at radius 3 is 1.50 bits per heavy atom. The van der Waals surface area contributed by atoms with Gasteiger partial charge >= 0.3 is 0 Å². The van der Waals surface area contributed by atoms with Crippen LogP contribution in [0, 0.1) is 0 Å². The molecule has 0 aliphatic heterocycles. The van der Waals surface area contributed by atoms with Gasteiger partial charge in [0.2, 0.25) is 17.7 Å². The molecule has 0 aromatic carbocycles. The molecule has 296 valence electrons. The molecule has 0 unspecified atom stereocenters. The second-order valence-corrected chi connectivity index (χ2v) is 11.9. The highest BCUT2D eigenvalue weighted by molar-refractivity contribution is 5.87. The lowest BCUT2D eigenvalue weighted by Crippen LogP contribution is -2.47. The normalized spacial score (nSPS) is 11.8. The minimum absolute atomic E-state index is 0.0674. The number of ether oxygens (including phenoxy) is 8. The van der Waals surface area contributed by atoms with Crippen molar-refractivity contribution < 1.29 is 52.3 Å². The van der Waals surface area contributed by atoms with Crippen molar-refractivity contribution in [2.45, 2.75) is 96.4 Å². The third-order valence-corrected chi connectivity index (χ3v) is 7.49. The van der Waals surface area contributed by atoms with E-state index < -0.39 is 6.04 Å². The fourth-order valence-electron chi connectivity index (χ4n) is 4.61. The zero-order chi connectivity index (χ0) is 36.6. The number of rotatable bonds is 40. The van der Waals surface area contributed by atoms with Crippen LogP contribution in [-0.2, 0) is 52.3 Å². The summed E-state index contributed by atoms with van der Waals surface area (Å²) in [6, 6.07) is -0.622. The Hall–Kier alpha value is -1.91. The second kappa shape index (κ2) is 39.9. The van der Waals surface area contributed by atoms with Crippen LogP contribution in [0.2, 0.25) is 0 Å². The minimum Gasteiger partial charge on any atom is -0.385 e. The van der Waals surface area contributed by atoms with Gasteiger partial charge in [-0.2, -0.15) is 0 Å². The molecule has 14 nitrogen and oxygen atoms in total. The van der Waals surface area contributed by atoms with Gasteiger partial charge in [-0.1, -0.05) is 39.0 Å². The van der Waals surface area contributed by atoms with Gasteiger partial charge in [-0.15, -0.1) is 0 Å². The van der Waals surface area contributed by atoms with E-state index in [4.69, 9.17) is 37.9 Å². The maximum Gasteiger partial charge on any atom is 0.242 e. The molecule has 0 aromatic rings. The van der Waals surface area contributed by atoms with Gasteiger partial charge in [0.05, 0.1) is 85.9 Å². The predicted octanol–water partition coefficient (Wildman–Crippen LogP) is 3.19. The second-order valence-electron chi connectivity index (χ2n) is 11.9. The first kappa shape index (κ1) is 48.1. The Kier molecular flexibility index (Phi) is 38.3. The molecule has 0 aliphatic rings. The van der Waals surface area contributed by atoms with Gasteiger partial charge < -0.3 is 53.8 Å². The predicted molar refractivity (Wildman–Crippen MR) is 192 cm³/mol. The fourth-order valence-corrected chi connectivity index (χ4v) is 4.61. The van der Waals surface area contributed by atoms with Crippen LogP contribution in [0.1, 0.15) is 90.4 Å². The lowest BCUT2D eigenvalue weighted by molar-refractivity contribution is -0.129. The quantitative estimate of drug-likeness (QED) is 0.0798. The third kappa shape index (κ3) is 35.9. The summed E-state index contributed by atoms with van der Waals surface area (Å²) < 4.78 is 42.7. The average molecular weight is 722 g/mol. The number of hydrogen-bond acceptors (Lipinski definition) is 11. The Morgan fingerprint density at radius 2 is 0.940 bits per heavy atom. The molecule has 0 bridgehead atoms. The Balaban J connectivity index is 4.04. The number of unbranched alkanes of at least 4 members (excludes halogenated alkanes) is 7. The molecule has 0 heterocycles. The molecule has 0 aromatic heterocycles. The van der Waals surface area contributed by atoms with Gasteiger partial charge in [-0.05, 0) is 38.5 Å². The Labute approximate surface area is 302 Å². The number of hydrogen-bond donors (Lipinski definition) is 3. The Bertz CT molecular complexity index is 765. The van der Waals surface area contributed by atoms with Gasteiger partial charge in [0.1, 0.15) is 6.04 Å². The summed E-state index contributed by atoms with van der Waals surface area (Å²) in [6.07, 6.45) is 10.9. The molecular weight excluding hydrogens is 650 g/mol. The van der Waals surface area contributed by atoms with Gasteiger partial charge in [-0.3, -0.25) is 14.4 Å². The van der Waals surface area contributed by atoms with Crippen molar-refractivity contribution in [1.82, 2.24) is 16.0 Å². The number of carbonyl (C=O) groups is 3. The number of methoxy groups -OCH3 is 2. The highest BCUT2D eigenvalue weighted by atomic mass is 16.6. The standard InChI is InChI=1S/C36H71N3O11/c1-4-5-9-15-34(40)37-17-12-10-14-33(36(42)38-18-11-7-6-8-13-19-43-2)39-35(41)16-20-45-23-24-47-27-28-49-31-32-50-30-29-48-26-25-46-22-21-44-3/h33H,4-32H2,1-3H3,(H,37,40)(H,38,42)(H,39,41)/t33-/m0/s1. The summed E-state index contributed by atoms with van der Waals surface area (Å²) in [5.41, 5.74) is 0. The van der Waals surface area contributed by atoms with Crippen LogP contribution >= 0.6 is 0 Å². The van der Waals surface area contributed by atoms with E-state index in [0.29, 0.717) is 112 Å². The molecule has 0 spiro atoms. The SMILES string of the molecule is CCCCCC(=O)NCCCC[C@H](NC(=O)CCOCCOCCOCCOCCOCCOCCOC)C(=O)NCCCCCCCOC. The lowest BCUT2D eigenvalue weighted by atomic mass is 10.1. The van der Waals surface area contributed by atoms with E-state index in [0.717, 1.165) is 64.4 Å². The van der Waals surface area contributed by atoms with E-state index in [9.17, 15) is 14.4 Å². The van der Waals surface area contributed by atoms with Gasteiger partial charge in [-0.25, -0.2) is 0 Å². The highest BCUT2D eigenvalue weighted by Crippen LogP contribution is 2.05. The van der Waals surface area contributed by atoms with Crippen molar-refractivity contribution >= 4 is 17.7 Å². The van der Waals surface area contributed by atoms with Crippen molar-refractivity contribution in [1.29, 1.82) is 0 Å². The number of amides is 3. The highest BCUT2D eigenvalue weighted by Gasteiger charge is 2.20. The first-order chi connectivity index (χ1) is 24.5. The first-order valence-electron chi connectivity index (χ1n) is 18.8. The molecule has 0 rings (SSSR count). The summed E-state index contributed by atoms with van der Waals surface area (Å²) in [5, 5.41) is 8.81. The summed E-state index contributed by atoms with van der Waals surface area (Å²) in [6.45, 7) is 10.0. The molecular formula is C36H71N3O11. The zero-order valence-corrected chi connectivity index (χ0v) is 31.6. The maximum absolute atomic E-state index is 12.9. The topological polar surface area (TPSA) is 161 Å². The average Bonchev–Trinajstić information content (AvgIpc) is 3.11. The van der Waals surface area contributed by atoms with Crippen LogP contribution in [0.5, 0.6) is 0 Å². The van der Waals surface area contributed by atoms with Gasteiger partial charge in [0.15, 0.2) is 0 Å². The van der Waals surface area contributed by atoms with Crippen LogP contribution in [0.4, 0.5) is 0 Å². The number of nitrogens with one attached hydrogen (secondary N) is 3. The van der Waals surface area contributed by atoms with Crippen LogP contribution in [0.15, 0.2) is 0 Å². The fraction of sp³-hybridized carbons (Fsp3) is 0.917. The van der Waals surface area contributed by atoms with Crippen LogP contribution in [0.3, 0.4) is 0 Å². The first-order valence-corrected chi connectivity index (χ1v) is 18.8. The molecule has 0 fully saturated rings. The molecule has 0 saturated carbocycles. The molecule has 0 radical (unpaired) electrons. The number of carbonyl (C=O) groups excluding carboxylic acids is 3.